The Hall–Kier alpha value is -0.280. The van der Waals surface area contributed by atoms with E-state index in [2.05, 4.69) is 0 Å². The zero-order valence-corrected chi connectivity index (χ0v) is 9.29. The number of ether oxygens (including phenoxy) is 1. The Morgan fingerprint density at radius 3 is 2.00 bits per heavy atom. The predicted molar refractivity (Wildman–Crippen MR) is 54.1 cm³/mol. The number of hydrogen-bond donors (Lipinski definition) is 1. The molecular weight excluding hydrogens is 214 g/mol. The van der Waals surface area contributed by atoms with E-state index in [0.717, 1.165) is 24.3 Å². The number of halogens is 1. The number of carbonyl (C=O) groups is 1. The second-order valence-corrected chi connectivity index (χ2v) is 5.90. The molecule has 15 heavy (non-hydrogen) atoms. The molecule has 6 fully saturated rings. The molecule has 0 unspecified atom stereocenters. The van der Waals surface area contributed by atoms with Gasteiger partial charge in [0.15, 0.2) is 0 Å². The van der Waals surface area contributed by atoms with Crippen LogP contribution in [0.25, 0.3) is 0 Å². The first-order valence-corrected chi connectivity index (χ1v) is 5.56. The van der Waals surface area contributed by atoms with Crippen molar-refractivity contribution in [2.24, 2.45) is 52.1 Å². The van der Waals surface area contributed by atoms with Crippen molar-refractivity contribution in [3.63, 3.8) is 0 Å². The minimum Gasteiger partial charge on any atom is -0.469 e. The Labute approximate surface area is 94.1 Å². The van der Waals surface area contributed by atoms with E-state index in [0.29, 0.717) is 23.2 Å². The largest absolute Gasteiger partial charge is 0.469 e. The highest BCUT2D eigenvalue weighted by Gasteiger charge is 3.11. The summed E-state index contributed by atoms with van der Waals surface area (Å²) in [6.07, 6.45) is 0. The molecule has 0 amide bonds. The van der Waals surface area contributed by atoms with Gasteiger partial charge in [0.25, 0.3) is 0 Å². The van der Waals surface area contributed by atoms with Gasteiger partial charge in [-0.2, -0.15) is 0 Å². The standard InChI is InChI=1S/C11H13NO2.ClH/c1-14-9(13)11-6-3-7(11)5-8(11)4(6)10(3,5)2-12;/h3-8H,2,12H2,1H3;1H. The number of carbonyl (C=O) groups excluding carboxylic acids is 1. The molecule has 0 heterocycles. The van der Waals surface area contributed by atoms with Crippen LogP contribution in [0.1, 0.15) is 0 Å². The normalized spacial score (nSPS) is 71.9. The summed E-state index contributed by atoms with van der Waals surface area (Å²) in [6, 6.07) is 0. The van der Waals surface area contributed by atoms with Crippen LogP contribution in [-0.2, 0) is 9.53 Å². The van der Waals surface area contributed by atoms with Gasteiger partial charge in [-0.1, -0.05) is 0 Å². The Morgan fingerprint density at radius 2 is 1.67 bits per heavy atom. The molecule has 3 nitrogen and oxygen atoms in total. The van der Waals surface area contributed by atoms with E-state index in [-0.39, 0.29) is 23.8 Å². The molecule has 0 aromatic heterocycles. The van der Waals surface area contributed by atoms with Crippen molar-refractivity contribution in [3.8, 4) is 0 Å². The molecule has 6 rings (SSSR count). The minimum atomic E-state index is 0. The molecular formula is C11H14ClNO2. The van der Waals surface area contributed by atoms with Crippen LogP contribution in [0, 0.1) is 46.3 Å². The van der Waals surface area contributed by atoms with E-state index < -0.39 is 0 Å². The van der Waals surface area contributed by atoms with Crippen molar-refractivity contribution in [1.29, 1.82) is 0 Å². The van der Waals surface area contributed by atoms with Crippen molar-refractivity contribution in [2.45, 2.75) is 0 Å². The zero-order valence-electron chi connectivity index (χ0n) is 8.47. The highest BCUT2D eigenvalue weighted by Crippen LogP contribution is 3.10. The Kier molecular flexibility index (Phi) is 1.08. The smallest absolute Gasteiger partial charge is 0.312 e. The SMILES string of the molecule is COC(=O)C12C3C4C1C1C2C3C41CN.Cl. The van der Waals surface area contributed by atoms with Crippen LogP contribution in [0.5, 0.6) is 0 Å². The Balaban J connectivity index is 0.000000648. The average Bonchev–Trinajstić information content (AvgIpc) is 2.27. The molecule has 0 spiro atoms. The van der Waals surface area contributed by atoms with E-state index >= 15 is 0 Å². The lowest BCUT2D eigenvalue weighted by Crippen LogP contribution is -3.11. The van der Waals surface area contributed by atoms with Gasteiger partial charge in [-0.05, 0) is 47.5 Å². The Bertz CT molecular complexity index is 354. The van der Waals surface area contributed by atoms with Crippen LogP contribution in [0.3, 0.4) is 0 Å². The molecule has 0 bridgehead atoms. The number of methoxy groups -OCH3 is 1. The van der Waals surface area contributed by atoms with Crippen molar-refractivity contribution >= 4 is 18.4 Å². The van der Waals surface area contributed by atoms with Gasteiger partial charge in [-0.15, -0.1) is 12.4 Å². The maximum Gasteiger partial charge on any atom is 0.312 e. The number of esters is 1. The summed E-state index contributed by atoms with van der Waals surface area (Å²) in [6.45, 7) is 0.869. The first-order valence-electron chi connectivity index (χ1n) is 5.56. The van der Waals surface area contributed by atoms with Gasteiger partial charge in [0.05, 0.1) is 12.5 Å². The van der Waals surface area contributed by atoms with Gasteiger partial charge in [0.2, 0.25) is 0 Å². The topological polar surface area (TPSA) is 52.3 Å². The molecule has 6 aliphatic carbocycles. The van der Waals surface area contributed by atoms with Crippen molar-refractivity contribution in [3.05, 3.63) is 0 Å². The Morgan fingerprint density at radius 1 is 1.20 bits per heavy atom. The molecule has 6 aliphatic rings. The van der Waals surface area contributed by atoms with E-state index in [1.54, 1.807) is 0 Å². The van der Waals surface area contributed by atoms with Crippen molar-refractivity contribution in [1.82, 2.24) is 0 Å². The van der Waals surface area contributed by atoms with Gasteiger partial charge < -0.3 is 10.5 Å². The van der Waals surface area contributed by atoms with Gasteiger partial charge in [0.1, 0.15) is 0 Å². The molecule has 4 heteroatoms. The van der Waals surface area contributed by atoms with E-state index in [1.807, 2.05) is 0 Å². The van der Waals surface area contributed by atoms with Crippen LogP contribution in [0.15, 0.2) is 0 Å². The third-order valence-electron chi connectivity index (χ3n) is 6.73. The van der Waals surface area contributed by atoms with Gasteiger partial charge in [-0.3, -0.25) is 4.79 Å². The zero-order chi connectivity index (χ0) is 9.46. The summed E-state index contributed by atoms with van der Waals surface area (Å²) < 4.78 is 4.96. The summed E-state index contributed by atoms with van der Waals surface area (Å²) in [7, 11) is 1.53. The summed E-state index contributed by atoms with van der Waals surface area (Å²) in [5, 5.41) is 0. The fourth-order valence-electron chi connectivity index (χ4n) is 6.74. The predicted octanol–water partition coefficient (Wildman–Crippen LogP) is 0.278. The van der Waals surface area contributed by atoms with E-state index in [4.69, 9.17) is 10.5 Å². The average molecular weight is 228 g/mol. The summed E-state index contributed by atoms with van der Waals surface area (Å²) >= 11 is 0. The molecule has 0 aliphatic heterocycles. The summed E-state index contributed by atoms with van der Waals surface area (Å²) in [5.41, 5.74) is 6.43. The van der Waals surface area contributed by atoms with Crippen molar-refractivity contribution in [2.75, 3.05) is 13.7 Å². The second-order valence-electron chi connectivity index (χ2n) is 5.90. The van der Waals surface area contributed by atoms with Crippen LogP contribution in [0.2, 0.25) is 0 Å². The fraction of sp³-hybridized carbons (Fsp3) is 0.909. The maximum absolute atomic E-state index is 11.7. The van der Waals surface area contributed by atoms with E-state index in [9.17, 15) is 4.79 Å². The monoisotopic (exact) mass is 227 g/mol. The lowest BCUT2D eigenvalue weighted by molar-refractivity contribution is -0.640. The molecule has 6 saturated carbocycles. The molecule has 82 valence electrons. The van der Waals surface area contributed by atoms with Crippen molar-refractivity contribution < 1.29 is 9.53 Å². The van der Waals surface area contributed by atoms with Gasteiger partial charge in [-0.25, -0.2) is 0 Å². The lowest BCUT2D eigenvalue weighted by Gasteiger charge is -3.10. The first kappa shape index (κ1) is 8.82. The highest BCUT2D eigenvalue weighted by atomic mass is 35.5. The molecule has 0 saturated heterocycles. The first-order chi connectivity index (χ1) is 6.77. The highest BCUT2D eigenvalue weighted by molar-refractivity contribution is 5.88. The number of nitrogens with two attached hydrogens (primary N) is 1. The van der Waals surface area contributed by atoms with Gasteiger partial charge in [0, 0.05) is 0 Å². The minimum absolute atomic E-state index is 0. The molecule has 2 N–H and O–H groups in total. The summed E-state index contributed by atoms with van der Waals surface area (Å²) in [4.78, 5) is 11.7. The summed E-state index contributed by atoms with van der Waals surface area (Å²) in [5.74, 6) is 4.65. The quantitative estimate of drug-likeness (QED) is 0.690. The fourth-order valence-corrected chi connectivity index (χ4v) is 6.74. The van der Waals surface area contributed by atoms with Crippen LogP contribution < -0.4 is 5.73 Å². The van der Waals surface area contributed by atoms with Crippen LogP contribution >= 0.6 is 12.4 Å². The van der Waals surface area contributed by atoms with Crippen LogP contribution in [0.4, 0.5) is 0 Å². The van der Waals surface area contributed by atoms with Gasteiger partial charge >= 0.3 is 5.97 Å². The molecule has 0 aromatic rings. The van der Waals surface area contributed by atoms with E-state index in [1.165, 1.54) is 7.11 Å². The molecule has 0 radical (unpaired) electrons. The third-order valence-corrected chi connectivity index (χ3v) is 6.73. The maximum atomic E-state index is 11.7. The van der Waals surface area contributed by atoms with Crippen LogP contribution in [-0.4, -0.2) is 19.6 Å². The third kappa shape index (κ3) is 0.377. The number of rotatable bonds is 2. The number of hydrogen-bond acceptors (Lipinski definition) is 3. The lowest BCUT2D eigenvalue weighted by atomic mass is 8.92. The second kappa shape index (κ2) is 1.84. The molecule has 0 aromatic carbocycles. The molecule has 0 atom stereocenters.